The standard InChI is InChI=1S/C16H19N3OS/c1-11(2)12-5-4-6-13(9-12)17-10-14-15(20-3)18-16-19(14)7-8-21-16/h4-9,11,17H,10H2,1-3H3. The summed E-state index contributed by atoms with van der Waals surface area (Å²) in [7, 11) is 1.66. The number of fused-ring (bicyclic) bond motifs is 1. The minimum absolute atomic E-state index is 0.528. The quantitative estimate of drug-likeness (QED) is 0.769. The van der Waals surface area contributed by atoms with E-state index in [9.17, 15) is 0 Å². The van der Waals surface area contributed by atoms with Gasteiger partial charge >= 0.3 is 0 Å². The minimum Gasteiger partial charge on any atom is -0.480 e. The molecule has 3 aromatic rings. The zero-order valence-corrected chi connectivity index (χ0v) is 13.3. The van der Waals surface area contributed by atoms with Crippen LogP contribution in [0.15, 0.2) is 35.8 Å². The van der Waals surface area contributed by atoms with E-state index in [0.29, 0.717) is 18.3 Å². The Balaban J connectivity index is 1.83. The zero-order valence-electron chi connectivity index (χ0n) is 12.5. The van der Waals surface area contributed by atoms with Crippen LogP contribution in [-0.2, 0) is 6.54 Å². The number of methoxy groups -OCH3 is 1. The van der Waals surface area contributed by atoms with Gasteiger partial charge in [0.15, 0.2) is 4.96 Å². The van der Waals surface area contributed by atoms with Crippen molar-refractivity contribution in [3.8, 4) is 5.88 Å². The maximum Gasteiger partial charge on any atom is 0.238 e. The molecule has 3 rings (SSSR count). The van der Waals surface area contributed by atoms with Crippen LogP contribution in [0.2, 0.25) is 0 Å². The molecule has 0 spiro atoms. The van der Waals surface area contributed by atoms with Gasteiger partial charge in [-0.25, -0.2) is 0 Å². The molecule has 0 saturated heterocycles. The summed E-state index contributed by atoms with van der Waals surface area (Å²) in [6.45, 7) is 5.09. The number of nitrogens with one attached hydrogen (secondary N) is 1. The summed E-state index contributed by atoms with van der Waals surface area (Å²) in [4.78, 5) is 5.43. The van der Waals surface area contributed by atoms with E-state index in [4.69, 9.17) is 4.74 Å². The van der Waals surface area contributed by atoms with Crippen molar-refractivity contribution in [3.05, 3.63) is 47.1 Å². The molecule has 0 aliphatic heterocycles. The molecule has 0 bridgehead atoms. The number of rotatable bonds is 5. The number of hydrogen-bond acceptors (Lipinski definition) is 4. The van der Waals surface area contributed by atoms with Crippen LogP contribution >= 0.6 is 11.3 Å². The Hall–Kier alpha value is -2.01. The average molecular weight is 301 g/mol. The lowest BCUT2D eigenvalue weighted by atomic mass is 10.0. The average Bonchev–Trinajstić information content (AvgIpc) is 3.06. The molecule has 2 aromatic heterocycles. The van der Waals surface area contributed by atoms with Crippen molar-refractivity contribution in [1.82, 2.24) is 9.38 Å². The third-order valence-corrected chi connectivity index (χ3v) is 4.29. The van der Waals surface area contributed by atoms with Gasteiger partial charge in [-0.3, -0.25) is 4.40 Å². The van der Waals surface area contributed by atoms with Gasteiger partial charge in [-0.2, -0.15) is 4.98 Å². The van der Waals surface area contributed by atoms with E-state index in [1.165, 1.54) is 5.56 Å². The monoisotopic (exact) mass is 301 g/mol. The number of anilines is 1. The predicted molar refractivity (Wildman–Crippen MR) is 87.5 cm³/mol. The Bertz CT molecular complexity index is 745. The van der Waals surface area contributed by atoms with Gasteiger partial charge in [0.05, 0.1) is 13.7 Å². The molecule has 0 radical (unpaired) electrons. The van der Waals surface area contributed by atoms with E-state index >= 15 is 0 Å². The summed E-state index contributed by atoms with van der Waals surface area (Å²) in [6, 6.07) is 8.53. The summed E-state index contributed by atoms with van der Waals surface area (Å²) in [5, 5.41) is 5.50. The van der Waals surface area contributed by atoms with E-state index in [1.54, 1.807) is 18.4 Å². The van der Waals surface area contributed by atoms with Crippen molar-refractivity contribution < 1.29 is 4.74 Å². The van der Waals surface area contributed by atoms with Gasteiger partial charge < -0.3 is 10.1 Å². The third kappa shape index (κ3) is 2.74. The molecule has 2 heterocycles. The van der Waals surface area contributed by atoms with Crippen LogP contribution in [-0.4, -0.2) is 16.5 Å². The number of nitrogens with zero attached hydrogens (tertiary/aromatic N) is 2. The molecule has 0 amide bonds. The van der Waals surface area contributed by atoms with Crippen molar-refractivity contribution in [3.63, 3.8) is 0 Å². The molecule has 1 aromatic carbocycles. The highest BCUT2D eigenvalue weighted by atomic mass is 32.1. The largest absolute Gasteiger partial charge is 0.480 e. The Morgan fingerprint density at radius 3 is 3.00 bits per heavy atom. The minimum atomic E-state index is 0.528. The van der Waals surface area contributed by atoms with Crippen LogP contribution < -0.4 is 10.1 Å². The Kier molecular flexibility index (Phi) is 3.84. The molecular weight excluding hydrogens is 282 g/mol. The maximum absolute atomic E-state index is 5.37. The normalized spacial score (nSPS) is 11.2. The molecule has 0 atom stereocenters. The molecule has 1 N–H and O–H groups in total. The SMILES string of the molecule is COc1nc2sccn2c1CNc1cccc(C(C)C)c1. The van der Waals surface area contributed by atoms with E-state index in [1.807, 2.05) is 11.6 Å². The van der Waals surface area contributed by atoms with Crippen molar-refractivity contribution in [2.45, 2.75) is 26.3 Å². The molecule has 0 aliphatic carbocycles. The molecule has 110 valence electrons. The van der Waals surface area contributed by atoms with E-state index in [2.05, 4.69) is 52.8 Å². The first kappa shape index (κ1) is 13.9. The molecule has 4 nitrogen and oxygen atoms in total. The first-order valence-corrected chi connectivity index (χ1v) is 7.89. The van der Waals surface area contributed by atoms with Crippen LogP contribution in [0.1, 0.15) is 31.0 Å². The van der Waals surface area contributed by atoms with Crippen LogP contribution in [0.5, 0.6) is 5.88 Å². The Morgan fingerprint density at radius 2 is 2.24 bits per heavy atom. The predicted octanol–water partition coefficient (Wildman–Crippen LogP) is 4.14. The Morgan fingerprint density at radius 1 is 1.38 bits per heavy atom. The fourth-order valence-corrected chi connectivity index (χ4v) is 3.06. The molecule has 5 heteroatoms. The number of aromatic nitrogens is 2. The second-order valence-electron chi connectivity index (χ2n) is 5.26. The van der Waals surface area contributed by atoms with Crippen LogP contribution in [0.3, 0.4) is 0 Å². The molecule has 0 unspecified atom stereocenters. The lowest BCUT2D eigenvalue weighted by Gasteiger charge is -2.10. The summed E-state index contributed by atoms with van der Waals surface area (Å²) < 4.78 is 7.45. The first-order valence-electron chi connectivity index (χ1n) is 7.01. The number of hydrogen-bond donors (Lipinski definition) is 1. The second-order valence-corrected chi connectivity index (χ2v) is 6.13. The Labute approximate surface area is 128 Å². The number of thiazole rings is 1. The summed E-state index contributed by atoms with van der Waals surface area (Å²) in [6.07, 6.45) is 2.02. The van der Waals surface area contributed by atoms with Gasteiger partial charge in [-0.15, -0.1) is 11.3 Å². The molecule has 0 saturated carbocycles. The second kappa shape index (κ2) is 5.77. The fourth-order valence-electron chi connectivity index (χ4n) is 2.33. The number of imidazole rings is 1. The molecule has 21 heavy (non-hydrogen) atoms. The van der Waals surface area contributed by atoms with E-state index in [-0.39, 0.29) is 0 Å². The smallest absolute Gasteiger partial charge is 0.238 e. The van der Waals surface area contributed by atoms with Gasteiger partial charge in [0.1, 0.15) is 5.69 Å². The lowest BCUT2D eigenvalue weighted by molar-refractivity contribution is 0.395. The van der Waals surface area contributed by atoms with Crippen LogP contribution in [0.25, 0.3) is 4.96 Å². The van der Waals surface area contributed by atoms with Crippen LogP contribution in [0.4, 0.5) is 5.69 Å². The fraction of sp³-hybridized carbons (Fsp3) is 0.312. The number of benzene rings is 1. The van der Waals surface area contributed by atoms with Crippen molar-refractivity contribution in [1.29, 1.82) is 0 Å². The summed E-state index contributed by atoms with van der Waals surface area (Å²) in [5.74, 6) is 1.22. The maximum atomic E-state index is 5.37. The van der Waals surface area contributed by atoms with E-state index in [0.717, 1.165) is 16.3 Å². The third-order valence-electron chi connectivity index (χ3n) is 3.53. The van der Waals surface area contributed by atoms with Gasteiger partial charge in [-0.05, 0) is 23.6 Å². The molecule has 0 fully saturated rings. The topological polar surface area (TPSA) is 38.6 Å². The highest BCUT2D eigenvalue weighted by Gasteiger charge is 2.13. The molecular formula is C16H19N3OS. The highest BCUT2D eigenvalue weighted by Crippen LogP contribution is 2.25. The van der Waals surface area contributed by atoms with Gasteiger partial charge in [-0.1, -0.05) is 26.0 Å². The van der Waals surface area contributed by atoms with Crippen molar-refractivity contribution in [2.75, 3.05) is 12.4 Å². The summed E-state index contributed by atoms with van der Waals surface area (Å²) in [5.41, 5.74) is 3.50. The van der Waals surface area contributed by atoms with Crippen molar-refractivity contribution in [2.24, 2.45) is 0 Å². The molecule has 0 aliphatic rings. The first-order chi connectivity index (χ1) is 10.2. The van der Waals surface area contributed by atoms with E-state index < -0.39 is 0 Å². The van der Waals surface area contributed by atoms with Gasteiger partial charge in [0, 0.05) is 17.3 Å². The zero-order chi connectivity index (χ0) is 14.8. The van der Waals surface area contributed by atoms with Gasteiger partial charge in [0.25, 0.3) is 0 Å². The highest BCUT2D eigenvalue weighted by molar-refractivity contribution is 7.15. The van der Waals surface area contributed by atoms with Gasteiger partial charge in [0.2, 0.25) is 5.88 Å². The number of ether oxygens (including phenoxy) is 1. The lowest BCUT2D eigenvalue weighted by Crippen LogP contribution is -2.04. The van der Waals surface area contributed by atoms with Crippen LogP contribution in [0, 0.1) is 0 Å². The summed E-state index contributed by atoms with van der Waals surface area (Å²) >= 11 is 1.61. The van der Waals surface area contributed by atoms with Crippen molar-refractivity contribution >= 4 is 22.0 Å².